The molecule has 0 radical (unpaired) electrons. The molecule has 64 heavy (non-hydrogen) atoms. The summed E-state index contributed by atoms with van der Waals surface area (Å²) in [7, 11) is 1.50. The number of Topliss-reactive ketones (excluding diaryl/α,β-unsaturated/α-hetero) is 3. The van der Waals surface area contributed by atoms with E-state index in [-0.39, 0.29) is 52.1 Å². The van der Waals surface area contributed by atoms with Crippen LogP contribution in [0.2, 0.25) is 0 Å². The summed E-state index contributed by atoms with van der Waals surface area (Å²) in [6.07, 6.45) is 6.53. The Balaban J connectivity index is 1.70. The number of methoxy groups -OCH3 is 1. The number of ether oxygens (including phenoxy) is 6. The van der Waals surface area contributed by atoms with Gasteiger partial charge >= 0.3 is 11.8 Å². The molecule has 5 aliphatic rings. The molecule has 0 unspecified atom stereocenters. The summed E-state index contributed by atoms with van der Waals surface area (Å²) < 4.78 is 37.5. The number of carbonyl (C=O) groups is 5. The molecule has 350 valence electrons. The van der Waals surface area contributed by atoms with Crippen molar-refractivity contribution < 1.29 is 57.5 Å². The molecule has 3 N–H and O–H groups in total. The van der Waals surface area contributed by atoms with Gasteiger partial charge in [0, 0.05) is 81.9 Å². The summed E-state index contributed by atoms with van der Waals surface area (Å²) in [6, 6.07) is 0. The van der Waals surface area contributed by atoms with Gasteiger partial charge in [-0.15, -0.1) is 0 Å². The van der Waals surface area contributed by atoms with Crippen LogP contribution in [0.15, 0.2) is 52.5 Å². The number of fused-ring (bicyclic) bond motifs is 14. The van der Waals surface area contributed by atoms with Gasteiger partial charge in [0.25, 0.3) is 11.7 Å². The van der Waals surface area contributed by atoms with Gasteiger partial charge in [0.2, 0.25) is 5.78 Å². The number of carbonyl (C=O) groups excluding carboxylic acids is 5. The molecular weight excluding hydrogens is 825 g/mol. The van der Waals surface area contributed by atoms with Crippen LogP contribution in [0.25, 0.3) is 0 Å². The van der Waals surface area contributed by atoms with Crippen molar-refractivity contribution in [1.29, 1.82) is 0 Å². The minimum atomic E-state index is -2.07. The maximum atomic E-state index is 14.7. The van der Waals surface area contributed by atoms with Gasteiger partial charge in [-0.05, 0) is 47.6 Å². The highest BCUT2D eigenvalue weighted by Gasteiger charge is 2.53. The number of phenols is 1. The monoisotopic (exact) mass is 890 g/mol. The molecule has 16 nitrogen and oxygen atoms in total. The zero-order chi connectivity index (χ0) is 47.4. The van der Waals surface area contributed by atoms with Gasteiger partial charge in [0.1, 0.15) is 23.3 Å². The second-order valence-corrected chi connectivity index (χ2v) is 17.8. The number of piperazine rings is 1. The van der Waals surface area contributed by atoms with E-state index in [1.54, 1.807) is 30.2 Å². The van der Waals surface area contributed by atoms with Gasteiger partial charge < -0.3 is 44.2 Å². The van der Waals surface area contributed by atoms with Crippen molar-refractivity contribution >= 4 is 35.4 Å². The molecule has 1 amide bonds. The Bertz CT molecular complexity index is 2130. The maximum Gasteiger partial charge on any atom is 0.312 e. The smallest absolute Gasteiger partial charge is 0.312 e. The van der Waals surface area contributed by atoms with E-state index in [2.05, 4.69) is 15.7 Å². The first-order valence-corrected chi connectivity index (χ1v) is 22.1. The average molecular weight is 891 g/mol. The van der Waals surface area contributed by atoms with Gasteiger partial charge in [-0.25, -0.2) is 0 Å². The standard InChI is InChI=1S/C48H66N4O12/c1-24(2)61-42-26(5)15-14-16-27(6)47(58)51-38-33(23-50-52-20-18-49-19-21-52)40(55)35-36(41(38)56)39(54)29(8)45-37(35)46(57)48(12,64-45)60-22-17-34(59-13)28(7)43(63-32(11)53)31(10)44(30(42)9)62-25(3)4/h14-17,22-26,28,30-31,34,42-44,49,54H,18-21H2,1-13H3,(H,51,58)/b15-14+,22-17+,27-16-,50-23+/t26-,28+,30+,31-,34-,42-,43+,44+,48-/m0/s1. The van der Waals surface area contributed by atoms with Crippen LogP contribution in [0.1, 0.15) is 113 Å². The molecule has 1 fully saturated rings. The minimum Gasteiger partial charge on any atom is -0.507 e. The molecule has 4 heterocycles. The van der Waals surface area contributed by atoms with Crippen molar-refractivity contribution in [2.75, 3.05) is 33.3 Å². The highest BCUT2D eigenvalue weighted by molar-refractivity contribution is 6.37. The lowest BCUT2D eigenvalue weighted by Gasteiger charge is -2.42. The Kier molecular flexibility index (Phi) is 16.2. The zero-order valence-corrected chi connectivity index (χ0v) is 39.4. The molecule has 0 aromatic heterocycles. The van der Waals surface area contributed by atoms with Gasteiger partial charge in [-0.1, -0.05) is 45.9 Å². The molecule has 6 rings (SSSR count). The normalized spacial score (nSPS) is 31.5. The van der Waals surface area contributed by atoms with E-state index in [4.69, 9.17) is 28.4 Å². The van der Waals surface area contributed by atoms with Crippen LogP contribution in [0.5, 0.6) is 11.5 Å². The van der Waals surface area contributed by atoms with Crippen LogP contribution in [0.4, 0.5) is 0 Å². The highest BCUT2D eigenvalue weighted by atomic mass is 16.7. The first-order chi connectivity index (χ1) is 30.1. The SMILES string of the molecule is CO[C@H]1/C=C/O[C@@]2(C)Oc3c(C)c(O)c4c(c3C2=O)C(=O)C(/C=N/N2CCNCC2)=C(NC(=O)/C(C)=C\C=C\[C@H](C)[C@H](OC(C)C)[C@@H](C)[C@@H](OC(C)C)[C@@H](C)[C@H](OC(C)=O)[C@@H]1C)C4=O. The maximum absolute atomic E-state index is 14.7. The fourth-order valence-corrected chi connectivity index (χ4v) is 8.84. The molecule has 1 saturated heterocycles. The lowest BCUT2D eigenvalue weighted by atomic mass is 9.78. The molecule has 1 aromatic carbocycles. The fourth-order valence-electron chi connectivity index (χ4n) is 8.84. The largest absolute Gasteiger partial charge is 0.507 e. The first kappa shape index (κ1) is 49.8. The Hall–Kier alpha value is -5.16. The van der Waals surface area contributed by atoms with Crippen molar-refractivity contribution in [3.63, 3.8) is 0 Å². The lowest BCUT2D eigenvalue weighted by molar-refractivity contribution is -0.170. The molecule has 0 saturated carbocycles. The number of benzene rings is 1. The molecular formula is C48H66N4O12. The van der Waals surface area contributed by atoms with Gasteiger partial charge in [0.15, 0.2) is 5.78 Å². The van der Waals surface area contributed by atoms with Crippen LogP contribution in [0, 0.1) is 30.6 Å². The van der Waals surface area contributed by atoms with Crippen LogP contribution in [-0.4, -0.2) is 121 Å². The predicted octanol–water partition coefficient (Wildman–Crippen LogP) is 5.76. The average Bonchev–Trinajstić information content (AvgIpc) is 3.50. The highest BCUT2D eigenvalue weighted by Crippen LogP contribution is 2.48. The van der Waals surface area contributed by atoms with Crippen LogP contribution in [-0.2, 0) is 33.3 Å². The molecule has 1 aliphatic carbocycles. The fraction of sp³-hybridized carbons (Fsp3) is 0.583. The third-order valence-electron chi connectivity index (χ3n) is 12.2. The number of amides is 1. The molecule has 1 aromatic rings. The molecule has 5 bridgehead atoms. The number of phenolic OH excluding ortho intramolecular Hbond substituents is 1. The summed E-state index contributed by atoms with van der Waals surface area (Å²) in [6.45, 7) is 23.7. The van der Waals surface area contributed by atoms with Crippen molar-refractivity contribution in [2.24, 2.45) is 28.8 Å². The molecule has 4 aliphatic heterocycles. The third-order valence-corrected chi connectivity index (χ3v) is 12.2. The second kappa shape index (κ2) is 20.8. The van der Waals surface area contributed by atoms with Crippen LogP contribution >= 0.6 is 0 Å². The number of rotatable bonds is 8. The van der Waals surface area contributed by atoms with E-state index in [0.29, 0.717) is 26.2 Å². The second-order valence-electron chi connectivity index (χ2n) is 17.8. The Morgan fingerprint density at radius 1 is 0.906 bits per heavy atom. The zero-order valence-electron chi connectivity index (χ0n) is 39.4. The number of aromatic hydroxyl groups is 1. The number of hydrogen-bond acceptors (Lipinski definition) is 15. The number of allylic oxidation sites excluding steroid dienone is 4. The molecule has 9 atom stereocenters. The van der Waals surface area contributed by atoms with Gasteiger partial charge in [0.05, 0.1) is 65.3 Å². The topological polar surface area (TPSA) is 201 Å². The number of esters is 1. The summed E-state index contributed by atoms with van der Waals surface area (Å²) in [5.41, 5.74) is -1.58. The number of nitrogens with zero attached hydrogens (tertiary/aromatic N) is 2. The Morgan fingerprint density at radius 3 is 2.14 bits per heavy atom. The van der Waals surface area contributed by atoms with E-state index in [9.17, 15) is 29.1 Å². The predicted molar refractivity (Wildman–Crippen MR) is 239 cm³/mol. The van der Waals surface area contributed by atoms with E-state index in [0.717, 1.165) is 0 Å². The van der Waals surface area contributed by atoms with Crippen LogP contribution < -0.4 is 15.4 Å². The summed E-state index contributed by atoms with van der Waals surface area (Å²) in [5.74, 6) is -7.87. The number of ketones is 3. The molecule has 0 spiro atoms. The van der Waals surface area contributed by atoms with Crippen molar-refractivity contribution in [3.8, 4) is 11.5 Å². The number of nitrogens with one attached hydrogen (secondary N) is 2. The number of hydrazone groups is 1. The molecule has 16 heteroatoms. The lowest BCUT2D eigenvalue weighted by Crippen LogP contribution is -2.49. The van der Waals surface area contributed by atoms with E-state index in [1.807, 2.05) is 61.5 Å². The van der Waals surface area contributed by atoms with Gasteiger partial charge in [-0.2, -0.15) is 5.10 Å². The van der Waals surface area contributed by atoms with Crippen molar-refractivity contribution in [1.82, 2.24) is 15.6 Å². The van der Waals surface area contributed by atoms with E-state index < -0.39 is 93.8 Å². The summed E-state index contributed by atoms with van der Waals surface area (Å²) in [5, 5.41) is 23.7. The summed E-state index contributed by atoms with van der Waals surface area (Å²) >= 11 is 0. The number of hydrogen-bond donors (Lipinski definition) is 3. The Labute approximate surface area is 376 Å². The van der Waals surface area contributed by atoms with Crippen molar-refractivity contribution in [2.45, 2.75) is 125 Å². The quantitative estimate of drug-likeness (QED) is 0.210. The Morgan fingerprint density at radius 2 is 1.53 bits per heavy atom. The van der Waals surface area contributed by atoms with E-state index >= 15 is 0 Å². The van der Waals surface area contributed by atoms with E-state index in [1.165, 1.54) is 40.4 Å². The summed E-state index contributed by atoms with van der Waals surface area (Å²) in [4.78, 5) is 70.5. The minimum absolute atomic E-state index is 0.0118. The van der Waals surface area contributed by atoms with Crippen LogP contribution in [0.3, 0.4) is 0 Å². The van der Waals surface area contributed by atoms with Gasteiger partial charge in [-0.3, -0.25) is 29.0 Å². The third kappa shape index (κ3) is 10.5. The first-order valence-electron chi connectivity index (χ1n) is 22.1. The van der Waals surface area contributed by atoms with Crippen molar-refractivity contribution in [3.05, 3.63) is 69.7 Å².